The molecule has 0 heterocycles. The standard InChI is InChI=1S/C18H18F6N2/c1-25-15(11-3-7-13(8-4-11)17(19,20)21)16(26-2)12-5-9-14(10-6-12)18(22,23)24/h3-10,15-16,25-26H,1-2H3/t15-,16+. The summed E-state index contributed by atoms with van der Waals surface area (Å²) in [5.41, 5.74) is -0.349. The predicted molar refractivity (Wildman–Crippen MR) is 86.5 cm³/mol. The van der Waals surface area contributed by atoms with Crippen LogP contribution in [-0.4, -0.2) is 14.1 Å². The summed E-state index contributed by atoms with van der Waals surface area (Å²) >= 11 is 0. The van der Waals surface area contributed by atoms with Gasteiger partial charge in [-0.05, 0) is 49.5 Å². The Morgan fingerprint density at radius 3 is 1.04 bits per heavy atom. The molecule has 0 amide bonds. The van der Waals surface area contributed by atoms with Gasteiger partial charge in [-0.1, -0.05) is 24.3 Å². The van der Waals surface area contributed by atoms with E-state index >= 15 is 0 Å². The summed E-state index contributed by atoms with van der Waals surface area (Å²) in [5, 5.41) is 6.01. The Morgan fingerprint density at radius 2 is 0.846 bits per heavy atom. The van der Waals surface area contributed by atoms with Crippen LogP contribution in [0.4, 0.5) is 26.3 Å². The molecule has 0 saturated heterocycles. The number of alkyl halides is 6. The zero-order valence-electron chi connectivity index (χ0n) is 14.0. The molecule has 0 aliphatic rings. The lowest BCUT2D eigenvalue weighted by Crippen LogP contribution is -2.32. The summed E-state index contributed by atoms with van der Waals surface area (Å²) in [7, 11) is 3.27. The Morgan fingerprint density at radius 1 is 0.577 bits per heavy atom. The second-order valence-corrected chi connectivity index (χ2v) is 5.77. The average Bonchev–Trinajstić information content (AvgIpc) is 2.58. The van der Waals surface area contributed by atoms with Gasteiger partial charge in [0.15, 0.2) is 0 Å². The Kier molecular flexibility index (Phi) is 5.98. The van der Waals surface area contributed by atoms with Crippen molar-refractivity contribution in [3.63, 3.8) is 0 Å². The van der Waals surface area contributed by atoms with E-state index in [1.54, 1.807) is 14.1 Å². The van der Waals surface area contributed by atoms with Gasteiger partial charge in [0.25, 0.3) is 0 Å². The third kappa shape index (κ3) is 4.56. The van der Waals surface area contributed by atoms with Crippen molar-refractivity contribution in [2.75, 3.05) is 14.1 Å². The van der Waals surface area contributed by atoms with Gasteiger partial charge in [-0.3, -0.25) is 0 Å². The smallest absolute Gasteiger partial charge is 0.311 e. The fourth-order valence-electron chi connectivity index (χ4n) is 2.81. The van der Waals surface area contributed by atoms with Gasteiger partial charge < -0.3 is 10.6 Å². The number of hydrogen-bond donors (Lipinski definition) is 2. The van der Waals surface area contributed by atoms with E-state index in [0.29, 0.717) is 11.1 Å². The van der Waals surface area contributed by atoms with Crippen molar-refractivity contribution in [2.24, 2.45) is 0 Å². The van der Waals surface area contributed by atoms with Gasteiger partial charge >= 0.3 is 12.4 Å². The monoisotopic (exact) mass is 376 g/mol. The van der Waals surface area contributed by atoms with Crippen LogP contribution in [0.25, 0.3) is 0 Å². The van der Waals surface area contributed by atoms with E-state index in [-0.39, 0.29) is 0 Å². The second-order valence-electron chi connectivity index (χ2n) is 5.77. The number of rotatable bonds is 5. The molecule has 0 aromatic heterocycles. The number of nitrogens with one attached hydrogen (secondary N) is 2. The first-order chi connectivity index (χ1) is 12.1. The predicted octanol–water partition coefficient (Wildman–Crippen LogP) is 4.95. The summed E-state index contributed by atoms with van der Waals surface area (Å²) in [6.45, 7) is 0. The second kappa shape index (κ2) is 7.67. The molecule has 0 aliphatic carbocycles. The van der Waals surface area contributed by atoms with Gasteiger partial charge in [0.1, 0.15) is 0 Å². The van der Waals surface area contributed by atoms with E-state index < -0.39 is 35.6 Å². The highest BCUT2D eigenvalue weighted by molar-refractivity contribution is 5.32. The molecule has 2 aromatic carbocycles. The highest BCUT2D eigenvalue weighted by atomic mass is 19.4. The van der Waals surface area contributed by atoms with Crippen molar-refractivity contribution < 1.29 is 26.3 Å². The Bertz CT molecular complexity index is 641. The van der Waals surface area contributed by atoms with Crippen molar-refractivity contribution in [3.05, 3.63) is 70.8 Å². The molecular weight excluding hydrogens is 358 g/mol. The largest absolute Gasteiger partial charge is 0.416 e. The highest BCUT2D eigenvalue weighted by Crippen LogP contribution is 2.34. The van der Waals surface area contributed by atoms with Crippen LogP contribution in [0.15, 0.2) is 48.5 Å². The minimum absolute atomic E-state index is 0.431. The zero-order valence-corrected chi connectivity index (χ0v) is 14.0. The summed E-state index contributed by atoms with van der Waals surface area (Å²) in [6, 6.07) is 8.52. The molecule has 0 fully saturated rings. The molecular formula is C18H18F6N2. The molecule has 2 N–H and O–H groups in total. The zero-order chi connectivity index (χ0) is 19.5. The van der Waals surface area contributed by atoms with Crippen molar-refractivity contribution in [1.29, 1.82) is 0 Å². The third-order valence-electron chi connectivity index (χ3n) is 4.15. The van der Waals surface area contributed by atoms with Crippen LogP contribution in [0.2, 0.25) is 0 Å². The van der Waals surface area contributed by atoms with Crippen LogP contribution in [-0.2, 0) is 12.4 Å². The fraction of sp³-hybridized carbons (Fsp3) is 0.333. The molecule has 0 saturated carbocycles. The third-order valence-corrected chi connectivity index (χ3v) is 4.15. The Hall–Kier alpha value is -2.06. The molecule has 142 valence electrons. The van der Waals surface area contributed by atoms with E-state index in [4.69, 9.17) is 0 Å². The molecule has 0 radical (unpaired) electrons. The number of benzene rings is 2. The lowest BCUT2D eigenvalue weighted by atomic mass is 9.92. The van der Waals surface area contributed by atoms with Crippen LogP contribution in [0, 0.1) is 0 Å². The normalized spacial score (nSPS) is 14.9. The van der Waals surface area contributed by atoms with E-state index in [1.165, 1.54) is 24.3 Å². The number of likely N-dealkylation sites (N-methyl/N-ethyl adjacent to an activating group) is 2. The van der Waals surface area contributed by atoms with Gasteiger partial charge in [-0.2, -0.15) is 26.3 Å². The number of hydrogen-bond acceptors (Lipinski definition) is 2. The van der Waals surface area contributed by atoms with E-state index in [0.717, 1.165) is 24.3 Å². The van der Waals surface area contributed by atoms with Gasteiger partial charge in [0.05, 0.1) is 23.2 Å². The fourth-order valence-corrected chi connectivity index (χ4v) is 2.81. The van der Waals surface area contributed by atoms with E-state index in [9.17, 15) is 26.3 Å². The first-order valence-electron chi connectivity index (χ1n) is 7.76. The molecule has 0 aliphatic heterocycles. The van der Waals surface area contributed by atoms with Crippen LogP contribution >= 0.6 is 0 Å². The summed E-state index contributed by atoms with van der Waals surface area (Å²) in [5.74, 6) is 0. The lowest BCUT2D eigenvalue weighted by molar-refractivity contribution is -0.138. The molecule has 2 rings (SSSR count). The van der Waals surface area contributed by atoms with Crippen molar-refractivity contribution in [3.8, 4) is 0 Å². The molecule has 0 unspecified atom stereocenters. The maximum Gasteiger partial charge on any atom is 0.416 e. The maximum atomic E-state index is 12.7. The summed E-state index contributed by atoms with van der Waals surface area (Å²) in [4.78, 5) is 0. The van der Waals surface area contributed by atoms with Crippen LogP contribution in [0.1, 0.15) is 34.3 Å². The van der Waals surface area contributed by atoms with Gasteiger partial charge in [0, 0.05) is 0 Å². The minimum Gasteiger partial charge on any atom is -0.311 e. The summed E-state index contributed by atoms with van der Waals surface area (Å²) < 4.78 is 76.2. The Labute approximate surface area is 147 Å². The SMILES string of the molecule is CN[C@H](c1ccc(C(F)(F)F)cc1)[C@@H](NC)c1ccc(C(F)(F)F)cc1. The first kappa shape index (κ1) is 20.3. The molecule has 2 aromatic rings. The maximum absolute atomic E-state index is 12.7. The van der Waals surface area contributed by atoms with E-state index in [1.807, 2.05) is 0 Å². The summed E-state index contributed by atoms with van der Waals surface area (Å²) in [6.07, 6.45) is -8.85. The van der Waals surface area contributed by atoms with Crippen molar-refractivity contribution in [1.82, 2.24) is 10.6 Å². The topological polar surface area (TPSA) is 24.1 Å². The first-order valence-corrected chi connectivity index (χ1v) is 7.76. The lowest BCUT2D eigenvalue weighted by Gasteiger charge is -2.28. The molecule has 0 bridgehead atoms. The van der Waals surface area contributed by atoms with E-state index in [2.05, 4.69) is 10.6 Å². The van der Waals surface area contributed by atoms with Gasteiger partial charge in [-0.25, -0.2) is 0 Å². The van der Waals surface area contributed by atoms with Crippen LogP contribution in [0.5, 0.6) is 0 Å². The molecule has 0 spiro atoms. The number of halogens is 6. The van der Waals surface area contributed by atoms with Crippen LogP contribution < -0.4 is 10.6 Å². The van der Waals surface area contributed by atoms with Crippen LogP contribution in [0.3, 0.4) is 0 Å². The molecule has 8 heteroatoms. The van der Waals surface area contributed by atoms with Crippen molar-refractivity contribution in [2.45, 2.75) is 24.4 Å². The molecule has 2 atom stereocenters. The van der Waals surface area contributed by atoms with Crippen molar-refractivity contribution >= 4 is 0 Å². The molecule has 26 heavy (non-hydrogen) atoms. The molecule has 2 nitrogen and oxygen atoms in total. The Balaban J connectivity index is 2.31. The average molecular weight is 376 g/mol. The van der Waals surface area contributed by atoms with Gasteiger partial charge in [0.2, 0.25) is 0 Å². The highest BCUT2D eigenvalue weighted by Gasteiger charge is 2.32. The minimum atomic E-state index is -4.43. The van der Waals surface area contributed by atoms with Gasteiger partial charge in [-0.15, -0.1) is 0 Å². The quantitative estimate of drug-likeness (QED) is 0.722.